The molecule has 6 nitrogen and oxygen atoms in total. The molecule has 0 radical (unpaired) electrons. The van der Waals surface area contributed by atoms with Gasteiger partial charge in [-0.2, -0.15) is 0 Å². The van der Waals surface area contributed by atoms with Crippen LogP contribution in [-0.2, 0) is 14.3 Å². The Hall–Kier alpha value is -0.820. The summed E-state index contributed by atoms with van der Waals surface area (Å²) in [5, 5.41) is 5.81. The highest BCUT2D eigenvalue weighted by atomic mass is 79.9. The lowest BCUT2D eigenvalue weighted by Gasteiger charge is -2.19. The topological polar surface area (TPSA) is 76.7 Å². The number of hydrogen-bond acceptors (Lipinski definition) is 4. The molecule has 0 aromatic heterocycles. The van der Waals surface area contributed by atoms with Crippen molar-refractivity contribution < 1.29 is 19.1 Å². The molecule has 0 atom stereocenters. The number of rotatable bonds is 11. The molecule has 0 unspecified atom stereocenters. The average molecular weight is 381 g/mol. The van der Waals surface area contributed by atoms with Crippen molar-refractivity contribution in [3.8, 4) is 0 Å². The minimum absolute atomic E-state index is 0.0285. The number of carbonyl (C=O) groups is 2. The standard InChI is InChI=1S/C15H29BrN2O4/c1-15(2,3)22-14(20)18-9-11-21-10-7-5-4-6-8-17-13(19)12-16/h4-12H2,1-3H3,(H,17,19)(H,18,20). The van der Waals surface area contributed by atoms with Gasteiger partial charge in [-0.15, -0.1) is 0 Å². The Morgan fingerprint density at radius 2 is 1.64 bits per heavy atom. The summed E-state index contributed by atoms with van der Waals surface area (Å²) in [5.74, 6) is 0.0285. The molecule has 0 spiro atoms. The van der Waals surface area contributed by atoms with E-state index < -0.39 is 11.7 Å². The average Bonchev–Trinajstić information content (AvgIpc) is 2.42. The smallest absolute Gasteiger partial charge is 0.407 e. The molecule has 2 N–H and O–H groups in total. The zero-order valence-corrected chi connectivity index (χ0v) is 15.5. The number of ether oxygens (including phenoxy) is 2. The maximum Gasteiger partial charge on any atom is 0.407 e. The number of alkyl halides is 1. The molecule has 0 saturated heterocycles. The van der Waals surface area contributed by atoms with E-state index in [0.717, 1.165) is 32.2 Å². The van der Waals surface area contributed by atoms with Gasteiger partial charge in [0.1, 0.15) is 5.60 Å². The van der Waals surface area contributed by atoms with Gasteiger partial charge in [0.15, 0.2) is 0 Å². The lowest BCUT2D eigenvalue weighted by molar-refractivity contribution is -0.118. The molecule has 0 aliphatic heterocycles. The monoisotopic (exact) mass is 380 g/mol. The number of unbranched alkanes of at least 4 members (excludes halogenated alkanes) is 3. The van der Waals surface area contributed by atoms with Crippen LogP contribution >= 0.6 is 15.9 Å². The number of nitrogens with one attached hydrogen (secondary N) is 2. The number of amides is 2. The molecule has 0 rings (SSSR count). The van der Waals surface area contributed by atoms with Crippen molar-refractivity contribution in [3.05, 3.63) is 0 Å². The van der Waals surface area contributed by atoms with Gasteiger partial charge in [0.05, 0.1) is 11.9 Å². The molecule has 0 saturated carbocycles. The van der Waals surface area contributed by atoms with Gasteiger partial charge < -0.3 is 20.1 Å². The molecule has 0 fully saturated rings. The van der Waals surface area contributed by atoms with Crippen molar-refractivity contribution in [2.45, 2.75) is 52.1 Å². The minimum atomic E-state index is -0.473. The predicted molar refractivity (Wildman–Crippen MR) is 90.3 cm³/mol. The predicted octanol–water partition coefficient (Wildman–Crippen LogP) is 2.60. The minimum Gasteiger partial charge on any atom is -0.444 e. The molecular formula is C15H29BrN2O4. The van der Waals surface area contributed by atoms with Crippen molar-refractivity contribution in [2.24, 2.45) is 0 Å². The Morgan fingerprint density at radius 3 is 2.27 bits per heavy atom. The van der Waals surface area contributed by atoms with Gasteiger partial charge in [-0.1, -0.05) is 28.8 Å². The first-order valence-corrected chi connectivity index (χ1v) is 8.84. The molecule has 22 heavy (non-hydrogen) atoms. The molecule has 0 bridgehead atoms. The fourth-order valence-corrected chi connectivity index (χ4v) is 1.80. The van der Waals surface area contributed by atoms with Crippen LogP contribution in [0.5, 0.6) is 0 Å². The van der Waals surface area contributed by atoms with Crippen molar-refractivity contribution >= 4 is 27.9 Å². The van der Waals surface area contributed by atoms with E-state index >= 15 is 0 Å². The summed E-state index contributed by atoms with van der Waals surface area (Å²) in [4.78, 5) is 22.3. The van der Waals surface area contributed by atoms with E-state index in [-0.39, 0.29) is 5.91 Å². The molecule has 0 aliphatic rings. The molecule has 0 aliphatic carbocycles. The molecular weight excluding hydrogens is 352 g/mol. The highest BCUT2D eigenvalue weighted by Crippen LogP contribution is 2.06. The lowest BCUT2D eigenvalue weighted by atomic mass is 10.2. The number of carbonyl (C=O) groups excluding carboxylic acids is 2. The van der Waals surface area contributed by atoms with Crippen LogP contribution < -0.4 is 10.6 Å². The van der Waals surface area contributed by atoms with Crippen LogP contribution in [0.25, 0.3) is 0 Å². The van der Waals surface area contributed by atoms with Crippen LogP contribution in [0.1, 0.15) is 46.5 Å². The summed E-state index contributed by atoms with van der Waals surface area (Å²) >= 11 is 3.10. The molecule has 0 aromatic carbocycles. The van der Waals surface area contributed by atoms with Crippen LogP contribution in [0.2, 0.25) is 0 Å². The van der Waals surface area contributed by atoms with Crippen LogP contribution in [0, 0.1) is 0 Å². The van der Waals surface area contributed by atoms with Crippen LogP contribution in [0.15, 0.2) is 0 Å². The summed E-state index contributed by atoms with van der Waals surface area (Å²) in [6, 6.07) is 0. The lowest BCUT2D eigenvalue weighted by Crippen LogP contribution is -2.34. The fourth-order valence-electron chi connectivity index (χ4n) is 1.60. The number of halogens is 1. The summed E-state index contributed by atoms with van der Waals surface area (Å²) in [7, 11) is 0. The highest BCUT2D eigenvalue weighted by molar-refractivity contribution is 9.09. The zero-order valence-electron chi connectivity index (χ0n) is 13.9. The number of hydrogen-bond donors (Lipinski definition) is 2. The maximum atomic E-state index is 11.3. The van der Waals surface area contributed by atoms with Gasteiger partial charge in [0.25, 0.3) is 0 Å². The van der Waals surface area contributed by atoms with E-state index in [1.54, 1.807) is 0 Å². The van der Waals surface area contributed by atoms with Crippen molar-refractivity contribution in [3.63, 3.8) is 0 Å². The highest BCUT2D eigenvalue weighted by Gasteiger charge is 2.15. The second-order valence-corrected chi connectivity index (χ2v) is 6.50. The number of alkyl carbamates (subject to hydrolysis) is 1. The summed E-state index contributed by atoms with van der Waals surface area (Å²) in [6.45, 7) is 7.83. The molecule has 2 amide bonds. The van der Waals surface area contributed by atoms with Crippen LogP contribution in [0.3, 0.4) is 0 Å². The van der Waals surface area contributed by atoms with Crippen molar-refractivity contribution in [1.29, 1.82) is 0 Å². The third kappa shape index (κ3) is 15.6. The zero-order chi connectivity index (χ0) is 16.8. The van der Waals surface area contributed by atoms with E-state index in [9.17, 15) is 9.59 Å². The van der Waals surface area contributed by atoms with E-state index in [2.05, 4.69) is 26.6 Å². The molecule has 130 valence electrons. The summed E-state index contributed by atoms with van der Waals surface area (Å²) < 4.78 is 10.5. The van der Waals surface area contributed by atoms with Gasteiger partial charge in [0.2, 0.25) is 5.91 Å². The van der Waals surface area contributed by atoms with E-state index in [1.165, 1.54) is 0 Å². The molecule has 0 aromatic rings. The Kier molecular flexibility index (Phi) is 12.2. The Bertz CT molecular complexity index is 319. The second-order valence-electron chi connectivity index (χ2n) is 5.94. The van der Waals surface area contributed by atoms with Gasteiger partial charge in [-0.05, 0) is 33.6 Å². The second kappa shape index (κ2) is 12.7. The normalized spacial score (nSPS) is 11.1. The van der Waals surface area contributed by atoms with E-state index in [4.69, 9.17) is 9.47 Å². The van der Waals surface area contributed by atoms with Gasteiger partial charge in [-0.25, -0.2) is 4.79 Å². The largest absolute Gasteiger partial charge is 0.444 e. The van der Waals surface area contributed by atoms with Crippen LogP contribution in [-0.4, -0.2) is 49.2 Å². The molecule has 0 heterocycles. The fraction of sp³-hybridized carbons (Fsp3) is 0.867. The third-order valence-corrected chi connectivity index (χ3v) is 3.08. The van der Waals surface area contributed by atoms with Gasteiger partial charge in [0, 0.05) is 19.7 Å². The van der Waals surface area contributed by atoms with Crippen molar-refractivity contribution in [1.82, 2.24) is 10.6 Å². The Balaban J connectivity index is 3.24. The first-order valence-electron chi connectivity index (χ1n) is 7.72. The first kappa shape index (κ1) is 21.2. The maximum absolute atomic E-state index is 11.3. The third-order valence-electron chi connectivity index (χ3n) is 2.57. The van der Waals surface area contributed by atoms with E-state index in [0.29, 0.717) is 25.1 Å². The first-order chi connectivity index (χ1) is 10.3. The van der Waals surface area contributed by atoms with Gasteiger partial charge in [-0.3, -0.25) is 4.79 Å². The van der Waals surface area contributed by atoms with Crippen molar-refractivity contribution in [2.75, 3.05) is 31.6 Å². The SMILES string of the molecule is CC(C)(C)OC(=O)NCCOCCCCCCNC(=O)CBr. The van der Waals surface area contributed by atoms with E-state index in [1.807, 2.05) is 20.8 Å². The quantitative estimate of drug-likeness (QED) is 0.426. The van der Waals surface area contributed by atoms with Crippen LogP contribution in [0.4, 0.5) is 4.79 Å². The Labute approximate surface area is 141 Å². The Morgan fingerprint density at radius 1 is 0.955 bits per heavy atom. The molecule has 7 heteroatoms. The summed E-state index contributed by atoms with van der Waals surface area (Å²) in [6.07, 6.45) is 3.70. The summed E-state index contributed by atoms with van der Waals surface area (Å²) in [5.41, 5.74) is -0.473. The van der Waals surface area contributed by atoms with Gasteiger partial charge >= 0.3 is 6.09 Å².